The molecule has 3 aromatic carbocycles. The molecule has 2 saturated carbocycles. The third-order valence-electron chi connectivity index (χ3n) is 15.2. The molecule has 0 radical (unpaired) electrons. The standard InChI is InChI=1S/C51H53N9O7S/c61-48(56-68(64,65)45-28-43(60(62)63)46-50(54-45)67-31-35(53-46)25-32-7-2-1-3-8-32)40-15-14-36(27-42(40)59-23-24-66-49-44(59)26-34-16-19-52-47(34)55-49)57-21-17-51(18-22-57)29-37(30-51)58-20-6-11-41(58)39-10-5-4-9-38(39)33-12-13-33/h1-5,7-10,14-16,19,26-28,33,35,37,41,53H,6,11-13,17-18,20-25,29-31H2,(H,52,55)(H,56,61)/t35-,41?/m0/s1. The van der Waals surface area contributed by atoms with Crippen molar-refractivity contribution in [1.82, 2.24) is 24.6 Å². The lowest BCUT2D eigenvalue weighted by molar-refractivity contribution is -0.384. The van der Waals surface area contributed by atoms with E-state index in [0.717, 1.165) is 54.6 Å². The van der Waals surface area contributed by atoms with E-state index >= 15 is 0 Å². The molecule has 1 amide bonds. The van der Waals surface area contributed by atoms with Crippen LogP contribution in [0, 0.1) is 15.5 Å². The maximum absolute atomic E-state index is 14.4. The van der Waals surface area contributed by atoms with Crippen LogP contribution in [0.4, 0.5) is 28.4 Å². The highest BCUT2D eigenvalue weighted by molar-refractivity contribution is 7.90. The summed E-state index contributed by atoms with van der Waals surface area (Å²) in [5.41, 5.74) is 6.68. The summed E-state index contributed by atoms with van der Waals surface area (Å²) in [6.07, 6.45) is 12.0. The average molecular weight is 936 g/mol. The number of anilines is 4. The zero-order chi connectivity index (χ0) is 46.1. The van der Waals surface area contributed by atoms with Gasteiger partial charge in [-0.15, -0.1) is 0 Å². The number of amides is 1. The predicted molar refractivity (Wildman–Crippen MR) is 258 cm³/mol. The quantitative estimate of drug-likeness (QED) is 0.0831. The van der Waals surface area contributed by atoms with Gasteiger partial charge in [-0.2, -0.15) is 18.4 Å². The number of rotatable bonds is 11. The lowest BCUT2D eigenvalue weighted by Crippen LogP contribution is -2.55. The number of H-pyrrole nitrogens is 1. The maximum atomic E-state index is 14.4. The third-order valence-corrected chi connectivity index (χ3v) is 16.5. The molecule has 68 heavy (non-hydrogen) atoms. The molecule has 12 rings (SSSR count). The molecular weight excluding hydrogens is 883 g/mol. The summed E-state index contributed by atoms with van der Waals surface area (Å²) in [6.45, 7) is 3.62. The van der Waals surface area contributed by atoms with Crippen molar-refractivity contribution in [2.45, 2.75) is 86.9 Å². The highest BCUT2D eigenvalue weighted by Gasteiger charge is 2.50. The van der Waals surface area contributed by atoms with Crippen molar-refractivity contribution < 1.29 is 27.6 Å². The number of fused-ring (bicyclic) bond motifs is 3. The van der Waals surface area contributed by atoms with E-state index < -0.39 is 31.6 Å². The second-order valence-corrected chi connectivity index (χ2v) is 21.1. The number of nitro groups is 1. The zero-order valence-electron chi connectivity index (χ0n) is 37.6. The van der Waals surface area contributed by atoms with Crippen LogP contribution < -0.4 is 29.3 Å². The molecule has 1 spiro atoms. The molecule has 4 aliphatic heterocycles. The fourth-order valence-electron chi connectivity index (χ4n) is 11.6. The maximum Gasteiger partial charge on any atom is 0.300 e. The summed E-state index contributed by atoms with van der Waals surface area (Å²) in [7, 11) is -4.76. The highest BCUT2D eigenvalue weighted by Crippen LogP contribution is 2.55. The van der Waals surface area contributed by atoms with Crippen molar-refractivity contribution in [1.29, 1.82) is 0 Å². The number of nitrogens with zero attached hydrogens (tertiary/aromatic N) is 6. The number of pyridine rings is 2. The van der Waals surface area contributed by atoms with Crippen molar-refractivity contribution in [3.05, 3.63) is 130 Å². The van der Waals surface area contributed by atoms with Gasteiger partial charge in [0.25, 0.3) is 15.9 Å². The first-order chi connectivity index (χ1) is 33.1. The Morgan fingerprint density at radius 1 is 0.868 bits per heavy atom. The summed E-state index contributed by atoms with van der Waals surface area (Å²) < 4.78 is 42.2. The molecule has 0 bridgehead atoms. The average Bonchev–Trinajstić information content (AvgIpc) is 3.90. The van der Waals surface area contributed by atoms with E-state index in [4.69, 9.17) is 14.5 Å². The van der Waals surface area contributed by atoms with Gasteiger partial charge in [-0.1, -0.05) is 54.6 Å². The SMILES string of the molecule is O=C(NS(=O)(=O)c1cc([N+](=O)[O-])c2c(n1)OC[C@H](Cc1ccccc1)N2)c1ccc(N2CCC3(CC2)CC(N2CCCC2c2ccccc2C2CC2)C3)cc1N1CCOc2nc3[nH]ccc3cc21. The van der Waals surface area contributed by atoms with Crippen LogP contribution in [0.3, 0.4) is 0 Å². The fraction of sp³-hybridized carbons (Fsp3) is 0.392. The Labute approximate surface area is 394 Å². The number of carbonyl (C=O) groups is 1. The van der Waals surface area contributed by atoms with Crippen molar-refractivity contribution in [3.63, 3.8) is 0 Å². The molecule has 2 aliphatic carbocycles. The zero-order valence-corrected chi connectivity index (χ0v) is 38.4. The van der Waals surface area contributed by atoms with Crippen LogP contribution in [0.2, 0.25) is 0 Å². The second kappa shape index (κ2) is 16.8. The summed E-state index contributed by atoms with van der Waals surface area (Å²) in [4.78, 5) is 45.3. The topological polar surface area (TPSA) is 188 Å². The molecule has 6 aromatic rings. The Hall–Kier alpha value is -6.72. The van der Waals surface area contributed by atoms with E-state index in [1.165, 1.54) is 45.1 Å². The molecule has 6 aliphatic rings. The van der Waals surface area contributed by atoms with Crippen LogP contribution in [0.25, 0.3) is 11.0 Å². The van der Waals surface area contributed by atoms with Gasteiger partial charge in [-0.25, -0.2) is 4.72 Å². The van der Waals surface area contributed by atoms with Crippen molar-refractivity contribution in [2.24, 2.45) is 5.41 Å². The number of sulfonamides is 1. The van der Waals surface area contributed by atoms with E-state index in [1.54, 1.807) is 23.4 Å². The Morgan fingerprint density at radius 3 is 2.46 bits per heavy atom. The third kappa shape index (κ3) is 7.84. The highest BCUT2D eigenvalue weighted by atomic mass is 32.2. The van der Waals surface area contributed by atoms with Crippen molar-refractivity contribution in [2.75, 3.05) is 54.5 Å². The van der Waals surface area contributed by atoms with Gasteiger partial charge in [0.1, 0.15) is 24.5 Å². The number of piperidine rings is 1. The van der Waals surface area contributed by atoms with Crippen LogP contribution >= 0.6 is 0 Å². The van der Waals surface area contributed by atoms with Gasteiger partial charge >= 0.3 is 5.69 Å². The van der Waals surface area contributed by atoms with Crippen LogP contribution in [-0.4, -0.2) is 90.6 Å². The number of aromatic nitrogens is 3. The summed E-state index contributed by atoms with van der Waals surface area (Å²) in [5, 5.41) is 15.7. The largest absolute Gasteiger partial charge is 0.474 e. The molecular formula is C51H53N9O7S. The van der Waals surface area contributed by atoms with Crippen LogP contribution in [0.15, 0.2) is 102 Å². The minimum Gasteiger partial charge on any atom is -0.474 e. The molecule has 3 aromatic heterocycles. The Morgan fingerprint density at radius 2 is 1.66 bits per heavy atom. The van der Waals surface area contributed by atoms with E-state index in [2.05, 4.69) is 54.1 Å². The molecule has 350 valence electrons. The summed E-state index contributed by atoms with van der Waals surface area (Å²) >= 11 is 0. The number of carbonyl (C=O) groups excluding carboxylic acids is 1. The first-order valence-corrected chi connectivity index (χ1v) is 25.4. The molecule has 2 atom stereocenters. The van der Waals surface area contributed by atoms with E-state index in [-0.39, 0.29) is 36.4 Å². The predicted octanol–water partition coefficient (Wildman–Crippen LogP) is 8.39. The normalized spacial score (nSPS) is 21.3. The molecule has 7 heterocycles. The lowest BCUT2D eigenvalue weighted by Gasteiger charge is -2.56. The number of benzene rings is 3. The van der Waals surface area contributed by atoms with Gasteiger partial charge in [-0.05, 0) is 123 Å². The van der Waals surface area contributed by atoms with E-state index in [1.807, 2.05) is 59.5 Å². The molecule has 2 saturated heterocycles. The Balaban J connectivity index is 0.796. The number of hydrogen-bond acceptors (Lipinski definition) is 13. The van der Waals surface area contributed by atoms with Gasteiger partial charge in [0.2, 0.25) is 11.8 Å². The Bertz CT molecular complexity index is 3050. The van der Waals surface area contributed by atoms with E-state index in [9.17, 15) is 23.3 Å². The van der Waals surface area contributed by atoms with E-state index in [0.29, 0.717) is 53.4 Å². The minimum atomic E-state index is -4.76. The number of nitrogens with one attached hydrogen (secondary N) is 3. The number of ether oxygens (including phenoxy) is 2. The number of likely N-dealkylation sites (tertiary alicyclic amines) is 1. The first-order valence-electron chi connectivity index (χ1n) is 23.9. The number of hydrogen-bond donors (Lipinski definition) is 3. The van der Waals surface area contributed by atoms with Gasteiger partial charge in [0.05, 0.1) is 34.8 Å². The minimum absolute atomic E-state index is 0.0206. The van der Waals surface area contributed by atoms with Gasteiger partial charge in [-0.3, -0.25) is 19.8 Å². The smallest absolute Gasteiger partial charge is 0.300 e. The van der Waals surface area contributed by atoms with Crippen molar-refractivity contribution in [3.8, 4) is 11.8 Å². The van der Waals surface area contributed by atoms with Crippen LogP contribution in [-0.2, 0) is 16.4 Å². The first kappa shape index (κ1) is 42.6. The molecule has 1 unspecified atom stereocenters. The molecule has 16 nitrogen and oxygen atoms in total. The summed E-state index contributed by atoms with van der Waals surface area (Å²) in [5.74, 6) is -0.0247. The van der Waals surface area contributed by atoms with Crippen LogP contribution in [0.5, 0.6) is 11.8 Å². The fourth-order valence-corrected chi connectivity index (χ4v) is 12.6. The molecule has 3 N–H and O–H groups in total. The van der Waals surface area contributed by atoms with Gasteiger partial charge < -0.3 is 29.6 Å². The number of aromatic amines is 1. The van der Waals surface area contributed by atoms with Gasteiger partial charge in [0, 0.05) is 42.4 Å². The van der Waals surface area contributed by atoms with Crippen molar-refractivity contribution >= 4 is 55.4 Å². The van der Waals surface area contributed by atoms with Gasteiger partial charge in [0.15, 0.2) is 10.7 Å². The molecule has 17 heteroatoms. The lowest BCUT2D eigenvalue weighted by atomic mass is 9.59. The Kier molecular flexibility index (Phi) is 10.5. The molecule has 4 fully saturated rings. The summed E-state index contributed by atoms with van der Waals surface area (Å²) in [6, 6.07) is 29.8. The second-order valence-electron chi connectivity index (χ2n) is 19.5. The van der Waals surface area contributed by atoms with Crippen LogP contribution in [0.1, 0.15) is 90.4 Å². The monoisotopic (exact) mass is 935 g/mol.